The fourth-order valence-corrected chi connectivity index (χ4v) is 2.64. The van der Waals surface area contributed by atoms with Gasteiger partial charge in [0.2, 0.25) is 0 Å². The summed E-state index contributed by atoms with van der Waals surface area (Å²) in [5.41, 5.74) is 4.66. The lowest BCUT2D eigenvalue weighted by Crippen LogP contribution is -2.23. The van der Waals surface area contributed by atoms with Crippen LogP contribution < -0.4 is 15.8 Å². The second kappa shape index (κ2) is 12.7. The van der Waals surface area contributed by atoms with E-state index in [4.69, 9.17) is 9.53 Å². The highest BCUT2D eigenvalue weighted by Crippen LogP contribution is 2.29. The first-order valence-corrected chi connectivity index (χ1v) is 8.71. The highest BCUT2D eigenvalue weighted by atomic mass is 32.1. The predicted octanol–water partition coefficient (Wildman–Crippen LogP) is 1.59. The fraction of sp³-hybridized carbons (Fsp3) is 0.444. The quantitative estimate of drug-likeness (QED) is 0.555. The van der Waals surface area contributed by atoms with Crippen LogP contribution in [0.15, 0.2) is 35.5 Å². The monoisotopic (exact) mass is 364 g/mol. The molecule has 0 saturated carbocycles. The molecule has 138 valence electrons. The molecular weight excluding hydrogens is 336 g/mol. The highest BCUT2D eigenvalue weighted by Gasteiger charge is 2.03. The van der Waals surface area contributed by atoms with E-state index < -0.39 is 0 Å². The molecule has 3 N–H and O–H groups in total. The molecule has 1 saturated heterocycles. The molecule has 0 bridgehead atoms. The van der Waals surface area contributed by atoms with Crippen LogP contribution in [0, 0.1) is 0 Å². The molecule has 1 fully saturated rings. The molecule has 0 atom stereocenters. The second-order valence-electron chi connectivity index (χ2n) is 5.53. The van der Waals surface area contributed by atoms with Crippen LogP contribution in [0.1, 0.15) is 6.42 Å². The smallest absolute Gasteiger partial charge is 0.146 e. The molecule has 0 unspecified atom stereocenters. The number of aromatic nitrogens is 1. The lowest BCUT2D eigenvalue weighted by Gasteiger charge is -2.09. The van der Waals surface area contributed by atoms with Crippen LogP contribution in [0.5, 0.6) is 5.75 Å². The third-order valence-electron chi connectivity index (χ3n) is 3.61. The Morgan fingerprint density at radius 3 is 2.80 bits per heavy atom. The van der Waals surface area contributed by atoms with Gasteiger partial charge in [-0.3, -0.25) is 4.98 Å². The van der Waals surface area contributed by atoms with Crippen molar-refractivity contribution in [1.82, 2.24) is 15.2 Å². The maximum atomic E-state index is 9.05. The molecule has 2 heterocycles. The Kier molecular flexibility index (Phi) is 10.8. The Labute approximate surface area is 155 Å². The number of likely N-dealkylation sites (N-methyl/N-ethyl adjacent to an activating group) is 1. The maximum absolute atomic E-state index is 9.05. The summed E-state index contributed by atoms with van der Waals surface area (Å²) in [6.07, 6.45) is 5.45. The molecule has 1 aromatic carbocycles. The molecule has 0 radical (unpaired) electrons. The van der Waals surface area contributed by atoms with Gasteiger partial charge in [-0.1, -0.05) is 12.1 Å². The molecule has 0 amide bonds. The van der Waals surface area contributed by atoms with Crippen molar-refractivity contribution < 1.29 is 9.53 Å². The van der Waals surface area contributed by atoms with Crippen molar-refractivity contribution >= 4 is 29.7 Å². The largest absolute Gasteiger partial charge is 0.494 e. The molecule has 1 aliphatic rings. The van der Waals surface area contributed by atoms with Crippen molar-refractivity contribution in [2.24, 2.45) is 5.73 Å². The fourth-order valence-electron chi connectivity index (χ4n) is 2.32. The highest BCUT2D eigenvalue weighted by molar-refractivity contribution is 7.80. The van der Waals surface area contributed by atoms with Crippen LogP contribution in [-0.2, 0) is 4.79 Å². The third-order valence-corrected chi connectivity index (χ3v) is 3.98. The van der Waals surface area contributed by atoms with Crippen LogP contribution in [0.3, 0.4) is 0 Å². The average molecular weight is 365 g/mol. The van der Waals surface area contributed by atoms with Gasteiger partial charge in [0.25, 0.3) is 0 Å². The molecule has 25 heavy (non-hydrogen) atoms. The van der Waals surface area contributed by atoms with Crippen LogP contribution in [0.25, 0.3) is 10.8 Å². The standard InChI is InChI=1S/C10H9NOS.C6H14N2.C2H5NO/c1-12-8-6-11-5-7-3-2-4-9(13)10(7)8;1-8-5-2-3-7-4-6-8;3-1-2-4/h2-6,13H,1H3;7H,2-6H2,1H3;2H,1,3H2. The molecule has 0 spiro atoms. The van der Waals surface area contributed by atoms with E-state index in [9.17, 15) is 0 Å². The molecule has 1 aliphatic heterocycles. The van der Waals surface area contributed by atoms with Crippen molar-refractivity contribution in [3.05, 3.63) is 30.6 Å². The van der Waals surface area contributed by atoms with Crippen molar-refractivity contribution in [1.29, 1.82) is 0 Å². The minimum atomic E-state index is 0.139. The lowest BCUT2D eigenvalue weighted by molar-refractivity contribution is -0.106. The van der Waals surface area contributed by atoms with E-state index in [0.29, 0.717) is 6.29 Å². The van der Waals surface area contributed by atoms with E-state index in [1.807, 2.05) is 18.2 Å². The van der Waals surface area contributed by atoms with Gasteiger partial charge in [0, 0.05) is 41.5 Å². The molecule has 2 aromatic rings. The topological polar surface area (TPSA) is 80.5 Å². The van der Waals surface area contributed by atoms with E-state index in [0.717, 1.165) is 28.0 Å². The number of pyridine rings is 1. The number of nitrogens with one attached hydrogen (secondary N) is 1. The first-order valence-electron chi connectivity index (χ1n) is 8.26. The van der Waals surface area contributed by atoms with E-state index in [2.05, 4.69) is 40.6 Å². The Morgan fingerprint density at radius 2 is 2.12 bits per heavy atom. The van der Waals surface area contributed by atoms with Gasteiger partial charge in [0.05, 0.1) is 13.3 Å². The number of carbonyl (C=O) groups is 1. The third kappa shape index (κ3) is 7.83. The number of methoxy groups -OCH3 is 1. The van der Waals surface area contributed by atoms with Gasteiger partial charge in [0.15, 0.2) is 0 Å². The number of nitrogens with zero attached hydrogens (tertiary/aromatic N) is 2. The summed E-state index contributed by atoms with van der Waals surface area (Å²) in [4.78, 5) is 16.4. The van der Waals surface area contributed by atoms with Gasteiger partial charge in [-0.25, -0.2) is 0 Å². The van der Waals surface area contributed by atoms with Crippen LogP contribution in [0.4, 0.5) is 0 Å². The maximum Gasteiger partial charge on any atom is 0.146 e. The van der Waals surface area contributed by atoms with Gasteiger partial charge >= 0.3 is 0 Å². The number of hydrogen-bond acceptors (Lipinski definition) is 7. The number of fused-ring (bicyclic) bond motifs is 1. The van der Waals surface area contributed by atoms with Gasteiger partial charge in [0.1, 0.15) is 12.0 Å². The van der Waals surface area contributed by atoms with Crippen molar-refractivity contribution in [2.45, 2.75) is 11.3 Å². The minimum Gasteiger partial charge on any atom is -0.494 e. The van der Waals surface area contributed by atoms with E-state index >= 15 is 0 Å². The lowest BCUT2D eigenvalue weighted by atomic mass is 10.2. The van der Waals surface area contributed by atoms with Gasteiger partial charge in [-0.2, -0.15) is 0 Å². The Balaban J connectivity index is 0.000000223. The van der Waals surface area contributed by atoms with E-state index in [1.54, 1.807) is 19.5 Å². The number of hydrogen-bond donors (Lipinski definition) is 3. The number of aldehydes is 1. The van der Waals surface area contributed by atoms with Gasteiger partial charge in [-0.05, 0) is 32.6 Å². The van der Waals surface area contributed by atoms with Crippen molar-refractivity contribution in [3.63, 3.8) is 0 Å². The normalized spacial score (nSPS) is 14.4. The SMILES string of the molecule is CN1CCCNCC1.COc1cncc2cccc(S)c12.NCC=O. The molecule has 6 nitrogen and oxygen atoms in total. The van der Waals surface area contributed by atoms with Crippen LogP contribution >= 0.6 is 12.6 Å². The number of carbonyl (C=O) groups excluding carboxylic acids is 1. The Hall–Kier alpha value is -1.67. The Morgan fingerprint density at radius 1 is 1.36 bits per heavy atom. The molecular formula is C18H28N4O2S. The summed E-state index contributed by atoms with van der Waals surface area (Å²) in [6, 6.07) is 5.88. The van der Waals surface area contributed by atoms with Gasteiger partial charge < -0.3 is 25.5 Å². The van der Waals surface area contributed by atoms with Gasteiger partial charge in [-0.15, -0.1) is 12.6 Å². The number of ether oxygens (including phenoxy) is 1. The number of benzene rings is 1. The summed E-state index contributed by atoms with van der Waals surface area (Å²) in [5, 5.41) is 5.40. The van der Waals surface area contributed by atoms with Crippen LogP contribution in [-0.4, -0.2) is 63.1 Å². The first-order chi connectivity index (χ1) is 12.1. The second-order valence-corrected chi connectivity index (χ2v) is 6.01. The zero-order chi connectivity index (χ0) is 18.5. The molecule has 1 aromatic heterocycles. The minimum absolute atomic E-state index is 0.139. The average Bonchev–Trinajstić information content (AvgIpc) is 2.89. The summed E-state index contributed by atoms with van der Waals surface area (Å²) < 4.78 is 5.20. The summed E-state index contributed by atoms with van der Waals surface area (Å²) in [5.74, 6) is 0.767. The number of rotatable bonds is 2. The van der Waals surface area contributed by atoms with E-state index in [-0.39, 0.29) is 6.54 Å². The summed E-state index contributed by atoms with van der Waals surface area (Å²) in [6.45, 7) is 4.97. The molecule has 3 rings (SSSR count). The summed E-state index contributed by atoms with van der Waals surface area (Å²) in [7, 11) is 3.81. The summed E-state index contributed by atoms with van der Waals surface area (Å²) >= 11 is 4.37. The zero-order valence-electron chi connectivity index (χ0n) is 14.9. The van der Waals surface area contributed by atoms with Crippen LogP contribution in [0.2, 0.25) is 0 Å². The molecule has 0 aliphatic carbocycles. The Bertz CT molecular complexity index is 626. The first kappa shape index (κ1) is 21.4. The number of thiol groups is 1. The predicted molar refractivity (Wildman–Crippen MR) is 106 cm³/mol. The van der Waals surface area contributed by atoms with Crippen molar-refractivity contribution in [2.75, 3.05) is 46.9 Å². The van der Waals surface area contributed by atoms with E-state index in [1.165, 1.54) is 26.1 Å². The van der Waals surface area contributed by atoms with Crippen molar-refractivity contribution in [3.8, 4) is 5.75 Å². The zero-order valence-corrected chi connectivity index (χ0v) is 15.8. The number of nitrogens with two attached hydrogens (primary N) is 1. The molecule has 7 heteroatoms.